The molecule has 0 N–H and O–H groups in total. The van der Waals surface area contributed by atoms with Gasteiger partial charge in [0.2, 0.25) is 0 Å². The van der Waals surface area contributed by atoms with Crippen LogP contribution in [-0.2, 0) is 0 Å². The zero-order chi connectivity index (χ0) is 14.3. The van der Waals surface area contributed by atoms with E-state index in [-0.39, 0.29) is 12.1 Å². The summed E-state index contributed by atoms with van der Waals surface area (Å²) in [6.07, 6.45) is 0. The molecule has 0 radical (unpaired) electrons. The lowest BCUT2D eigenvalue weighted by Gasteiger charge is -2.18. The molecule has 0 bridgehead atoms. The first-order valence-corrected chi connectivity index (χ1v) is 7.12. The molecule has 1 unspecified atom stereocenters. The molecule has 1 atom stereocenters. The Kier molecular flexibility index (Phi) is 3.13. The van der Waals surface area contributed by atoms with E-state index in [1.165, 1.54) is 21.9 Å². The number of urea groups is 1. The van der Waals surface area contributed by atoms with Gasteiger partial charge in [0.15, 0.2) is 0 Å². The van der Waals surface area contributed by atoms with E-state index in [0.29, 0.717) is 0 Å². The van der Waals surface area contributed by atoms with Gasteiger partial charge in [-0.05, 0) is 36.2 Å². The number of nitrogens with zero attached hydrogens (tertiary/aromatic N) is 2. The molecule has 3 nitrogen and oxygen atoms in total. The number of rotatable bonds is 2. The molecule has 20 heavy (non-hydrogen) atoms. The smallest absolute Gasteiger partial charge is 0.320 e. The maximum atomic E-state index is 12.1. The van der Waals surface area contributed by atoms with Gasteiger partial charge in [-0.25, -0.2) is 4.79 Å². The van der Waals surface area contributed by atoms with Crippen LogP contribution >= 0.6 is 0 Å². The van der Waals surface area contributed by atoms with Crippen molar-refractivity contribution in [2.24, 2.45) is 0 Å². The predicted molar refractivity (Wildman–Crippen MR) is 81.8 cm³/mol. The van der Waals surface area contributed by atoms with Crippen LogP contribution in [0, 0.1) is 6.92 Å². The van der Waals surface area contributed by atoms with Gasteiger partial charge in [0, 0.05) is 20.1 Å². The van der Waals surface area contributed by atoms with Gasteiger partial charge in [-0.1, -0.05) is 35.9 Å². The Bertz CT molecular complexity index is 665. The number of carbonyl (C=O) groups is 1. The Morgan fingerprint density at radius 3 is 2.55 bits per heavy atom. The van der Waals surface area contributed by atoms with Gasteiger partial charge in [-0.2, -0.15) is 0 Å². The van der Waals surface area contributed by atoms with E-state index in [4.69, 9.17) is 0 Å². The molecule has 2 aromatic rings. The molecule has 104 valence electrons. The van der Waals surface area contributed by atoms with Gasteiger partial charge in [-0.15, -0.1) is 0 Å². The Morgan fingerprint density at radius 2 is 1.85 bits per heavy atom. The maximum Gasteiger partial charge on any atom is 0.320 e. The molecule has 1 aliphatic rings. The number of hydrogen-bond acceptors (Lipinski definition) is 1. The fourth-order valence-corrected chi connectivity index (χ4v) is 2.95. The van der Waals surface area contributed by atoms with E-state index in [1.54, 1.807) is 0 Å². The fourth-order valence-electron chi connectivity index (χ4n) is 2.95. The maximum absolute atomic E-state index is 12.1. The molecule has 1 heterocycles. The van der Waals surface area contributed by atoms with Crippen molar-refractivity contribution in [3.05, 3.63) is 47.5 Å². The largest absolute Gasteiger partial charge is 0.323 e. The van der Waals surface area contributed by atoms with Crippen molar-refractivity contribution in [1.82, 2.24) is 9.80 Å². The van der Waals surface area contributed by atoms with Gasteiger partial charge >= 0.3 is 6.03 Å². The quantitative estimate of drug-likeness (QED) is 0.816. The summed E-state index contributed by atoms with van der Waals surface area (Å²) in [5.74, 6) is 0. The number of aryl methyl sites for hydroxylation is 1. The summed E-state index contributed by atoms with van der Waals surface area (Å²) in [7, 11) is 1.89. The standard InChI is InChI=1S/C17H20N2O/c1-4-19-11-16(18(3)17(19)20)15-8-7-13-9-12(2)5-6-14(13)10-15/h5-10,16H,4,11H2,1-3H3. The molecular formula is C17H20N2O. The Balaban J connectivity index is 1.98. The van der Waals surface area contributed by atoms with Crippen molar-refractivity contribution >= 4 is 16.8 Å². The summed E-state index contributed by atoms with van der Waals surface area (Å²) in [4.78, 5) is 15.8. The molecule has 1 saturated heterocycles. The zero-order valence-electron chi connectivity index (χ0n) is 12.3. The minimum atomic E-state index is 0.126. The molecule has 1 fully saturated rings. The Labute approximate surface area is 119 Å². The first-order valence-electron chi connectivity index (χ1n) is 7.12. The van der Waals surface area contributed by atoms with Crippen LogP contribution in [0.15, 0.2) is 36.4 Å². The summed E-state index contributed by atoms with van der Waals surface area (Å²) >= 11 is 0. The van der Waals surface area contributed by atoms with Crippen LogP contribution in [0.3, 0.4) is 0 Å². The molecule has 1 aliphatic heterocycles. The molecule has 3 heteroatoms. The SMILES string of the molecule is CCN1CC(c2ccc3cc(C)ccc3c2)N(C)C1=O. The number of likely N-dealkylation sites (N-methyl/N-ethyl adjacent to an activating group) is 2. The first-order chi connectivity index (χ1) is 9.60. The highest BCUT2D eigenvalue weighted by atomic mass is 16.2. The van der Waals surface area contributed by atoms with Gasteiger partial charge < -0.3 is 9.80 Å². The molecule has 0 spiro atoms. The molecule has 2 amide bonds. The zero-order valence-corrected chi connectivity index (χ0v) is 12.3. The van der Waals surface area contributed by atoms with Crippen molar-refractivity contribution < 1.29 is 4.79 Å². The molecule has 2 aromatic carbocycles. The van der Waals surface area contributed by atoms with Crippen LogP contribution < -0.4 is 0 Å². The van der Waals surface area contributed by atoms with Crippen molar-refractivity contribution in [2.75, 3.05) is 20.1 Å². The van der Waals surface area contributed by atoms with Crippen LogP contribution in [0.2, 0.25) is 0 Å². The summed E-state index contributed by atoms with van der Waals surface area (Å²) in [6.45, 7) is 5.68. The number of amides is 2. The highest BCUT2D eigenvalue weighted by Crippen LogP contribution is 2.30. The van der Waals surface area contributed by atoms with E-state index in [0.717, 1.165) is 13.1 Å². The average molecular weight is 268 g/mol. The van der Waals surface area contributed by atoms with E-state index >= 15 is 0 Å². The van der Waals surface area contributed by atoms with Crippen LogP contribution in [0.5, 0.6) is 0 Å². The summed E-state index contributed by atoms with van der Waals surface area (Å²) in [5.41, 5.74) is 2.49. The topological polar surface area (TPSA) is 23.6 Å². The van der Waals surface area contributed by atoms with Crippen molar-refractivity contribution in [2.45, 2.75) is 19.9 Å². The third-order valence-corrected chi connectivity index (χ3v) is 4.22. The van der Waals surface area contributed by atoms with E-state index in [1.807, 2.05) is 23.8 Å². The third kappa shape index (κ3) is 2.03. The van der Waals surface area contributed by atoms with Crippen LogP contribution in [0.4, 0.5) is 4.79 Å². The highest BCUT2D eigenvalue weighted by Gasteiger charge is 2.34. The lowest BCUT2D eigenvalue weighted by atomic mass is 10.0. The second kappa shape index (κ2) is 4.82. The van der Waals surface area contributed by atoms with Crippen LogP contribution in [-0.4, -0.2) is 36.0 Å². The van der Waals surface area contributed by atoms with Gasteiger partial charge in [0.1, 0.15) is 0 Å². The Morgan fingerprint density at radius 1 is 1.15 bits per heavy atom. The third-order valence-electron chi connectivity index (χ3n) is 4.22. The molecule has 0 aliphatic carbocycles. The minimum absolute atomic E-state index is 0.126. The van der Waals surface area contributed by atoms with Crippen molar-refractivity contribution in [1.29, 1.82) is 0 Å². The summed E-state index contributed by atoms with van der Waals surface area (Å²) < 4.78 is 0. The van der Waals surface area contributed by atoms with Gasteiger partial charge in [-0.3, -0.25) is 0 Å². The fraction of sp³-hybridized carbons (Fsp3) is 0.353. The van der Waals surface area contributed by atoms with Crippen LogP contribution in [0.25, 0.3) is 10.8 Å². The normalized spacial score (nSPS) is 19.1. The summed E-state index contributed by atoms with van der Waals surface area (Å²) in [5, 5.41) is 2.50. The van der Waals surface area contributed by atoms with E-state index in [2.05, 4.69) is 43.3 Å². The number of benzene rings is 2. The molecule has 3 rings (SSSR count). The molecule has 0 saturated carbocycles. The number of fused-ring (bicyclic) bond motifs is 1. The number of hydrogen-bond donors (Lipinski definition) is 0. The monoisotopic (exact) mass is 268 g/mol. The Hall–Kier alpha value is -2.03. The first kappa shape index (κ1) is 13.0. The average Bonchev–Trinajstić information content (AvgIpc) is 2.74. The van der Waals surface area contributed by atoms with Gasteiger partial charge in [0.25, 0.3) is 0 Å². The lowest BCUT2D eigenvalue weighted by molar-refractivity contribution is 0.197. The highest BCUT2D eigenvalue weighted by molar-refractivity contribution is 5.84. The molecular weight excluding hydrogens is 248 g/mol. The minimum Gasteiger partial charge on any atom is -0.323 e. The van der Waals surface area contributed by atoms with E-state index in [9.17, 15) is 4.79 Å². The molecule has 0 aromatic heterocycles. The second-order valence-electron chi connectivity index (χ2n) is 5.56. The predicted octanol–water partition coefficient (Wildman–Crippen LogP) is 3.58. The van der Waals surface area contributed by atoms with Crippen molar-refractivity contribution in [3.63, 3.8) is 0 Å². The second-order valence-corrected chi connectivity index (χ2v) is 5.56. The summed E-state index contributed by atoms with van der Waals surface area (Å²) in [6, 6.07) is 13.3. The number of carbonyl (C=O) groups excluding carboxylic acids is 1. The lowest BCUT2D eigenvalue weighted by Crippen LogP contribution is -2.29. The van der Waals surface area contributed by atoms with Gasteiger partial charge in [0.05, 0.1) is 6.04 Å². The van der Waals surface area contributed by atoms with Crippen molar-refractivity contribution in [3.8, 4) is 0 Å². The van der Waals surface area contributed by atoms with Crippen LogP contribution in [0.1, 0.15) is 24.1 Å². The van der Waals surface area contributed by atoms with E-state index < -0.39 is 0 Å².